The maximum Gasteiger partial charge on any atom is 0.411 e. The van der Waals surface area contributed by atoms with Gasteiger partial charge in [-0.15, -0.1) is 0 Å². The molecule has 3 aliphatic carbocycles. The molecule has 1 fully saturated rings. The van der Waals surface area contributed by atoms with E-state index in [1.165, 1.54) is 31.1 Å². The Morgan fingerprint density at radius 1 is 0.836 bits per heavy atom. The number of carbonyl (C=O) groups is 5. The molecule has 4 aromatic rings. The van der Waals surface area contributed by atoms with Crippen LogP contribution in [0.25, 0.3) is 16.5 Å². The largest absolute Gasteiger partial charge is 0.508 e. The number of rotatable bonds is 6. The smallest absolute Gasteiger partial charge is 0.411 e. The minimum atomic E-state index is -3.13. The van der Waals surface area contributed by atoms with Crippen LogP contribution in [-0.4, -0.2) is 86.8 Å². The van der Waals surface area contributed by atoms with Crippen LogP contribution < -0.4 is 21.7 Å². The van der Waals surface area contributed by atoms with Gasteiger partial charge in [0, 0.05) is 22.6 Å². The van der Waals surface area contributed by atoms with E-state index in [4.69, 9.17) is 10.5 Å². The molecule has 0 spiro atoms. The number of nitrogens with two attached hydrogens (primary N) is 1. The second-order valence-electron chi connectivity index (χ2n) is 14.0. The van der Waals surface area contributed by atoms with Crippen molar-refractivity contribution in [1.29, 1.82) is 0 Å². The zero-order valence-corrected chi connectivity index (χ0v) is 29.7. The summed E-state index contributed by atoms with van der Waals surface area (Å²) in [5, 5.41) is 56.9. The first-order chi connectivity index (χ1) is 26.2. The first-order valence-electron chi connectivity index (χ1n) is 17.3. The van der Waals surface area contributed by atoms with E-state index in [9.17, 15) is 44.4 Å². The van der Waals surface area contributed by atoms with Gasteiger partial charge in [-0.1, -0.05) is 67.6 Å². The number of phenolic OH excluding ortho intramolecular Hbond substituents is 1. The number of aromatic hydroxyl groups is 1. The molecule has 282 valence electrons. The Labute approximate surface area is 313 Å². The van der Waals surface area contributed by atoms with Gasteiger partial charge in [-0.3, -0.25) is 24.6 Å². The van der Waals surface area contributed by atoms with Gasteiger partial charge in [0.1, 0.15) is 28.9 Å². The monoisotopic (exact) mass is 747 g/mol. The van der Waals surface area contributed by atoms with Crippen molar-refractivity contribution in [2.45, 2.75) is 30.6 Å². The Morgan fingerprint density at radius 2 is 1.49 bits per heavy atom. The number of aliphatic hydroxyl groups is 3. The fourth-order valence-electron chi connectivity index (χ4n) is 8.23. The Balaban J connectivity index is 1.34. The third kappa shape index (κ3) is 5.80. The number of Topliss-reactive ketones (excluding diaryl/α,β-unsaturated/α-hetero) is 2. The first kappa shape index (κ1) is 36.6. The lowest BCUT2D eigenvalue weighted by molar-refractivity contribution is -0.169. The molecule has 3 aliphatic rings. The van der Waals surface area contributed by atoms with E-state index in [1.54, 1.807) is 49.4 Å². The third-order valence-corrected chi connectivity index (χ3v) is 10.7. The number of nitrogens with zero attached hydrogens (tertiary/aromatic N) is 1. The number of ketones is 2. The van der Waals surface area contributed by atoms with Crippen molar-refractivity contribution in [1.82, 2.24) is 4.90 Å². The highest BCUT2D eigenvalue weighted by Gasteiger charge is 2.69. The maximum absolute atomic E-state index is 14.7. The number of urea groups is 1. The van der Waals surface area contributed by atoms with Crippen molar-refractivity contribution in [3.05, 3.63) is 113 Å². The molecule has 0 saturated heterocycles. The number of likely N-dealkylation sites (N-methyl/N-ethyl adjacent to an activating group) is 1. The summed E-state index contributed by atoms with van der Waals surface area (Å²) >= 11 is 0. The highest BCUT2D eigenvalue weighted by atomic mass is 16.6. The molecule has 7 rings (SSSR count). The molecule has 0 aromatic heterocycles. The number of ether oxygens (including phenoxy) is 1. The molecule has 0 unspecified atom stereocenters. The molecule has 6 atom stereocenters. The number of nitrogens with one attached hydrogen (secondary N) is 3. The fraction of sp³-hybridized carbons (Fsp3) is 0.225. The molecule has 4 amide bonds. The van der Waals surface area contributed by atoms with E-state index < -0.39 is 93.5 Å². The standard InChI is InChI=1S/C40H37N5O10/c1-18-21-16-17-24(44-38(52)43-23-15-9-11-19-10-7-8-14-22(19)23)31(46)26(21)32(47)27-25(18)34(55-39(53)42-20-12-5-4-6-13-20)29-30(45(2)3)33(48)28(37(41)51)36(50)40(29,54)35(27)49/h4-18,25,29-30,34,46-47,50,54H,1-3H3,(H2,41,51)(H,42,53)(H2,43,44,52)/t18-,25+,29+,30-,34-,40-/m1/s1. The van der Waals surface area contributed by atoms with Crippen molar-refractivity contribution >= 4 is 63.2 Å². The number of primary amides is 1. The molecule has 4 aromatic carbocycles. The molecule has 15 nitrogen and oxygen atoms in total. The maximum atomic E-state index is 14.7. The molecule has 0 heterocycles. The SMILES string of the molecule is C[C@@H]1c2ccc(NC(=O)Nc3cccc4ccccc34)c(O)c2C(O)=C2C(=O)[C@@]3(O)C(O)=C(C(N)=O)C(=O)[C@H](N(C)C)[C@H]3[C@H](OC(=O)Nc3ccccc3)[C@H]21. The Kier molecular flexibility index (Phi) is 9.07. The van der Waals surface area contributed by atoms with Crippen LogP contribution >= 0.6 is 0 Å². The van der Waals surface area contributed by atoms with E-state index in [2.05, 4.69) is 16.0 Å². The van der Waals surface area contributed by atoms with Crippen LogP contribution in [0.15, 0.2) is 102 Å². The van der Waals surface area contributed by atoms with Crippen molar-refractivity contribution in [3.8, 4) is 5.75 Å². The predicted molar refractivity (Wildman–Crippen MR) is 201 cm³/mol. The van der Waals surface area contributed by atoms with Crippen LogP contribution in [0.2, 0.25) is 0 Å². The molecule has 55 heavy (non-hydrogen) atoms. The fourth-order valence-corrected chi connectivity index (χ4v) is 8.23. The molecular weight excluding hydrogens is 710 g/mol. The Morgan fingerprint density at radius 3 is 2.18 bits per heavy atom. The Bertz CT molecular complexity index is 2370. The summed E-state index contributed by atoms with van der Waals surface area (Å²) < 4.78 is 5.98. The molecule has 1 saturated carbocycles. The summed E-state index contributed by atoms with van der Waals surface area (Å²) in [6.45, 7) is 1.62. The molecule has 9 N–H and O–H groups in total. The molecular formula is C40H37N5O10. The number of amides is 4. The summed E-state index contributed by atoms with van der Waals surface area (Å²) in [6, 6.07) is 21.5. The van der Waals surface area contributed by atoms with Gasteiger partial charge in [0.15, 0.2) is 11.4 Å². The predicted octanol–water partition coefficient (Wildman–Crippen LogP) is 4.55. The number of aliphatic hydroxyl groups excluding tert-OH is 2. The number of hydrogen-bond donors (Lipinski definition) is 8. The number of fused-ring (bicyclic) bond motifs is 4. The van der Waals surface area contributed by atoms with Crippen LogP contribution in [0.5, 0.6) is 5.75 Å². The third-order valence-electron chi connectivity index (χ3n) is 10.7. The zero-order chi connectivity index (χ0) is 39.5. The number of hydrogen-bond acceptors (Lipinski definition) is 11. The summed E-state index contributed by atoms with van der Waals surface area (Å²) in [4.78, 5) is 69.1. The second-order valence-corrected chi connectivity index (χ2v) is 14.0. The summed E-state index contributed by atoms with van der Waals surface area (Å²) in [7, 11) is 2.86. The quantitative estimate of drug-likeness (QED) is 0.101. The second kappa shape index (κ2) is 13.6. The number of benzene rings is 4. The van der Waals surface area contributed by atoms with Gasteiger partial charge in [-0.05, 0) is 55.2 Å². The van der Waals surface area contributed by atoms with Gasteiger partial charge in [0.05, 0.1) is 28.9 Å². The summed E-state index contributed by atoms with van der Waals surface area (Å²) in [6.07, 6.45) is -2.69. The van der Waals surface area contributed by atoms with E-state index in [0.29, 0.717) is 11.4 Å². The van der Waals surface area contributed by atoms with Crippen LogP contribution in [0.1, 0.15) is 24.0 Å². The van der Waals surface area contributed by atoms with Crippen LogP contribution in [0.4, 0.5) is 26.7 Å². The Hall–Kier alpha value is -6.71. The highest BCUT2D eigenvalue weighted by molar-refractivity contribution is 6.24. The summed E-state index contributed by atoms with van der Waals surface area (Å²) in [5.74, 6) is -10.5. The topological polar surface area (TPSA) is 241 Å². The molecule has 0 radical (unpaired) electrons. The van der Waals surface area contributed by atoms with Crippen LogP contribution in [0, 0.1) is 11.8 Å². The average molecular weight is 748 g/mol. The molecule has 0 bridgehead atoms. The number of phenols is 1. The number of carbonyl (C=O) groups excluding carboxylic acids is 5. The number of para-hydroxylation sites is 1. The molecule has 15 heteroatoms. The van der Waals surface area contributed by atoms with E-state index in [1.807, 2.05) is 30.3 Å². The van der Waals surface area contributed by atoms with Gasteiger partial charge in [0.25, 0.3) is 5.91 Å². The lowest BCUT2D eigenvalue weighted by Gasteiger charge is -2.54. The lowest BCUT2D eigenvalue weighted by atomic mass is 9.54. The lowest BCUT2D eigenvalue weighted by Crippen LogP contribution is -2.71. The van der Waals surface area contributed by atoms with E-state index in [0.717, 1.165) is 10.8 Å². The van der Waals surface area contributed by atoms with Gasteiger partial charge in [0.2, 0.25) is 5.78 Å². The van der Waals surface area contributed by atoms with Crippen molar-refractivity contribution < 1.29 is 49.1 Å². The minimum absolute atomic E-state index is 0.154. The van der Waals surface area contributed by atoms with Crippen molar-refractivity contribution in [2.75, 3.05) is 30.0 Å². The van der Waals surface area contributed by atoms with Gasteiger partial charge < -0.3 is 41.5 Å². The van der Waals surface area contributed by atoms with Crippen molar-refractivity contribution in [2.24, 2.45) is 17.6 Å². The van der Waals surface area contributed by atoms with E-state index >= 15 is 0 Å². The van der Waals surface area contributed by atoms with Crippen molar-refractivity contribution in [3.63, 3.8) is 0 Å². The molecule has 0 aliphatic heterocycles. The summed E-state index contributed by atoms with van der Waals surface area (Å²) in [5.41, 5.74) is 1.40. The number of anilines is 3. The zero-order valence-electron chi connectivity index (χ0n) is 29.7. The van der Waals surface area contributed by atoms with Gasteiger partial charge in [-0.2, -0.15) is 0 Å². The van der Waals surface area contributed by atoms with Gasteiger partial charge >= 0.3 is 12.1 Å². The average Bonchev–Trinajstić information content (AvgIpc) is 3.14. The highest BCUT2D eigenvalue weighted by Crippen LogP contribution is 2.57. The van der Waals surface area contributed by atoms with Crippen LogP contribution in [-0.2, 0) is 19.1 Å². The normalized spacial score (nSPS) is 24.5. The van der Waals surface area contributed by atoms with Gasteiger partial charge in [-0.25, -0.2) is 9.59 Å². The van der Waals surface area contributed by atoms with Crippen LogP contribution in [0.3, 0.4) is 0 Å². The van der Waals surface area contributed by atoms with E-state index in [-0.39, 0.29) is 16.8 Å². The first-order valence-corrected chi connectivity index (χ1v) is 17.3. The minimum Gasteiger partial charge on any atom is -0.508 e.